The number of hydrogen-bond acceptors (Lipinski definition) is 6. The maximum Gasteiger partial charge on any atom is 0.415 e. The predicted molar refractivity (Wildman–Crippen MR) is 80.7 cm³/mol. The standard InChI is InChI=1S/C15H22N2O5/c1-3-6-11(7-4-2)10-21-14(19)16-9-5-8-12-13(18)22-15(20)17-12/h3-4,6-7,12,14,16,19H,1,5,8-10H2,2H3,(H,17,20). The molecule has 0 radical (unpaired) electrons. The number of amides is 1. The van der Waals surface area contributed by atoms with E-state index in [1.807, 2.05) is 19.1 Å². The molecule has 1 aliphatic rings. The molecule has 1 heterocycles. The number of alkyl carbamates (subject to hydrolysis) is 1. The molecule has 2 unspecified atom stereocenters. The summed E-state index contributed by atoms with van der Waals surface area (Å²) in [5, 5.41) is 14.8. The van der Waals surface area contributed by atoms with E-state index in [1.54, 1.807) is 12.2 Å². The molecule has 7 heteroatoms. The lowest BCUT2D eigenvalue weighted by atomic mass is 10.2. The molecule has 22 heavy (non-hydrogen) atoms. The fraction of sp³-hybridized carbons (Fsp3) is 0.467. The number of esters is 1. The first kappa shape index (κ1) is 18.1. The van der Waals surface area contributed by atoms with Crippen molar-refractivity contribution in [1.29, 1.82) is 0 Å². The highest BCUT2D eigenvalue weighted by atomic mass is 16.6. The predicted octanol–water partition coefficient (Wildman–Crippen LogP) is 0.972. The number of ether oxygens (including phenoxy) is 2. The van der Waals surface area contributed by atoms with Crippen molar-refractivity contribution in [1.82, 2.24) is 10.6 Å². The lowest BCUT2D eigenvalue weighted by Gasteiger charge is -2.14. The molecular formula is C15H22N2O5. The van der Waals surface area contributed by atoms with Gasteiger partial charge in [0, 0.05) is 0 Å². The van der Waals surface area contributed by atoms with Crippen molar-refractivity contribution >= 4 is 12.1 Å². The van der Waals surface area contributed by atoms with Crippen molar-refractivity contribution in [2.75, 3.05) is 13.2 Å². The summed E-state index contributed by atoms with van der Waals surface area (Å²) >= 11 is 0. The highest BCUT2D eigenvalue weighted by molar-refractivity contribution is 5.95. The number of aliphatic hydroxyl groups is 1. The number of hydrogen-bond donors (Lipinski definition) is 3. The average molecular weight is 310 g/mol. The summed E-state index contributed by atoms with van der Waals surface area (Å²) in [4.78, 5) is 22.0. The Labute approximate surface area is 129 Å². The molecule has 1 saturated heterocycles. The highest BCUT2D eigenvalue weighted by Crippen LogP contribution is 2.06. The van der Waals surface area contributed by atoms with Gasteiger partial charge < -0.3 is 19.9 Å². The van der Waals surface area contributed by atoms with Gasteiger partial charge in [-0.15, -0.1) is 0 Å². The van der Waals surface area contributed by atoms with Crippen molar-refractivity contribution in [2.45, 2.75) is 32.2 Å². The number of nitrogens with one attached hydrogen (secondary N) is 2. The molecule has 122 valence electrons. The number of allylic oxidation sites excluding steroid dienone is 3. The SMILES string of the molecule is C=CC=C(C=CC)COC(O)NCCCC1NC(=O)OC1=O. The first-order chi connectivity index (χ1) is 10.6. The van der Waals surface area contributed by atoms with E-state index in [2.05, 4.69) is 21.9 Å². The molecular weight excluding hydrogens is 288 g/mol. The second-order valence-electron chi connectivity index (χ2n) is 4.64. The smallest absolute Gasteiger partial charge is 0.375 e. The summed E-state index contributed by atoms with van der Waals surface area (Å²) in [7, 11) is 0. The quantitative estimate of drug-likeness (QED) is 0.183. The molecule has 0 aromatic heterocycles. The Morgan fingerprint density at radius 3 is 2.95 bits per heavy atom. The van der Waals surface area contributed by atoms with Crippen LogP contribution in [0.4, 0.5) is 4.79 Å². The van der Waals surface area contributed by atoms with Gasteiger partial charge in [-0.2, -0.15) is 0 Å². The Kier molecular flexibility index (Phi) is 8.13. The van der Waals surface area contributed by atoms with Crippen LogP contribution in [0.15, 0.2) is 36.5 Å². The molecule has 0 aliphatic carbocycles. The zero-order valence-electron chi connectivity index (χ0n) is 12.6. The van der Waals surface area contributed by atoms with E-state index < -0.39 is 24.5 Å². The Morgan fingerprint density at radius 2 is 2.36 bits per heavy atom. The van der Waals surface area contributed by atoms with Crippen LogP contribution in [0.1, 0.15) is 19.8 Å². The van der Waals surface area contributed by atoms with E-state index in [4.69, 9.17) is 4.74 Å². The van der Waals surface area contributed by atoms with E-state index in [-0.39, 0.29) is 6.61 Å². The number of carbonyl (C=O) groups excluding carboxylic acids is 2. The molecule has 1 aliphatic heterocycles. The lowest BCUT2D eigenvalue weighted by Crippen LogP contribution is -2.34. The van der Waals surface area contributed by atoms with Gasteiger partial charge in [-0.1, -0.05) is 30.9 Å². The fourth-order valence-electron chi connectivity index (χ4n) is 1.87. The van der Waals surface area contributed by atoms with Crippen LogP contribution in [0.25, 0.3) is 0 Å². The van der Waals surface area contributed by atoms with Crippen LogP contribution in [0.2, 0.25) is 0 Å². The lowest BCUT2D eigenvalue weighted by molar-refractivity contribution is -0.135. The van der Waals surface area contributed by atoms with Crippen molar-refractivity contribution in [2.24, 2.45) is 0 Å². The fourth-order valence-corrected chi connectivity index (χ4v) is 1.87. The molecule has 0 saturated carbocycles. The minimum Gasteiger partial charge on any atom is -0.375 e. The second kappa shape index (κ2) is 9.88. The van der Waals surface area contributed by atoms with Crippen molar-refractivity contribution < 1.29 is 24.2 Å². The summed E-state index contributed by atoms with van der Waals surface area (Å²) in [6, 6.07) is -0.607. The van der Waals surface area contributed by atoms with Gasteiger partial charge in [0.1, 0.15) is 6.04 Å². The van der Waals surface area contributed by atoms with Gasteiger partial charge in [-0.25, -0.2) is 9.59 Å². The average Bonchev–Trinajstić information content (AvgIpc) is 2.79. The van der Waals surface area contributed by atoms with E-state index in [0.717, 1.165) is 5.57 Å². The van der Waals surface area contributed by atoms with Crippen LogP contribution in [-0.2, 0) is 14.3 Å². The molecule has 7 nitrogen and oxygen atoms in total. The summed E-state index contributed by atoms with van der Waals surface area (Å²) in [5.41, 5.74) is 0.884. The van der Waals surface area contributed by atoms with Crippen molar-refractivity contribution in [3.8, 4) is 0 Å². The van der Waals surface area contributed by atoms with Crippen molar-refractivity contribution in [3.63, 3.8) is 0 Å². The van der Waals surface area contributed by atoms with Crippen LogP contribution in [-0.4, -0.2) is 42.8 Å². The van der Waals surface area contributed by atoms with Gasteiger partial charge in [-0.3, -0.25) is 5.32 Å². The summed E-state index contributed by atoms with van der Waals surface area (Å²) in [5.74, 6) is -0.563. The number of rotatable bonds is 10. The number of aliphatic hydroxyl groups excluding tert-OH is 1. The van der Waals surface area contributed by atoms with Gasteiger partial charge in [-0.05, 0) is 31.9 Å². The third-order valence-electron chi connectivity index (χ3n) is 2.88. The topological polar surface area (TPSA) is 96.9 Å². The van der Waals surface area contributed by atoms with Crippen molar-refractivity contribution in [3.05, 3.63) is 36.5 Å². The maximum absolute atomic E-state index is 11.2. The molecule has 0 bridgehead atoms. The van der Waals surface area contributed by atoms with Crippen LogP contribution in [0.5, 0.6) is 0 Å². The first-order valence-electron chi connectivity index (χ1n) is 7.06. The molecule has 1 rings (SSSR count). The van der Waals surface area contributed by atoms with Gasteiger partial charge in [0.2, 0.25) is 6.41 Å². The Hall–Kier alpha value is -1.96. The normalized spacial score (nSPS) is 20.1. The molecule has 0 spiro atoms. The zero-order valence-corrected chi connectivity index (χ0v) is 12.6. The monoisotopic (exact) mass is 310 g/mol. The molecule has 3 N–H and O–H groups in total. The van der Waals surface area contributed by atoms with Gasteiger partial charge in [0.05, 0.1) is 6.61 Å². The maximum atomic E-state index is 11.2. The van der Waals surface area contributed by atoms with E-state index in [9.17, 15) is 14.7 Å². The number of carbonyl (C=O) groups is 2. The van der Waals surface area contributed by atoms with Crippen LogP contribution in [0, 0.1) is 0 Å². The minimum absolute atomic E-state index is 0.246. The summed E-state index contributed by atoms with van der Waals surface area (Å²) < 4.78 is 9.59. The molecule has 1 fully saturated rings. The van der Waals surface area contributed by atoms with Gasteiger partial charge in [0.15, 0.2) is 0 Å². The highest BCUT2D eigenvalue weighted by Gasteiger charge is 2.31. The third-order valence-corrected chi connectivity index (χ3v) is 2.88. The first-order valence-corrected chi connectivity index (χ1v) is 7.06. The Balaban J connectivity index is 2.16. The molecule has 0 aromatic rings. The minimum atomic E-state index is -1.11. The van der Waals surface area contributed by atoms with E-state index >= 15 is 0 Å². The molecule has 1 amide bonds. The van der Waals surface area contributed by atoms with E-state index in [1.165, 1.54) is 0 Å². The number of cyclic esters (lactones) is 2. The van der Waals surface area contributed by atoms with Crippen LogP contribution >= 0.6 is 0 Å². The second-order valence-corrected chi connectivity index (χ2v) is 4.64. The van der Waals surface area contributed by atoms with Gasteiger partial charge >= 0.3 is 12.1 Å². The Bertz CT molecular complexity index is 459. The Morgan fingerprint density at radius 1 is 1.59 bits per heavy atom. The molecule has 0 aromatic carbocycles. The van der Waals surface area contributed by atoms with Crippen LogP contribution in [0.3, 0.4) is 0 Å². The van der Waals surface area contributed by atoms with E-state index in [0.29, 0.717) is 19.4 Å². The summed E-state index contributed by atoms with van der Waals surface area (Å²) in [6.07, 6.45) is 6.36. The van der Waals surface area contributed by atoms with Crippen LogP contribution < -0.4 is 10.6 Å². The third kappa shape index (κ3) is 6.66. The van der Waals surface area contributed by atoms with Gasteiger partial charge in [0.25, 0.3) is 0 Å². The summed E-state index contributed by atoms with van der Waals surface area (Å²) in [6.45, 7) is 6.18. The molecule has 2 atom stereocenters. The largest absolute Gasteiger partial charge is 0.415 e. The zero-order chi connectivity index (χ0) is 16.4.